The third-order valence-corrected chi connectivity index (χ3v) is 3.44. The van der Waals surface area contributed by atoms with Crippen molar-refractivity contribution >= 4 is 23.5 Å². The van der Waals surface area contributed by atoms with Crippen molar-refractivity contribution in [3.63, 3.8) is 0 Å². The van der Waals surface area contributed by atoms with Gasteiger partial charge in [-0.25, -0.2) is 4.39 Å². The van der Waals surface area contributed by atoms with Crippen LogP contribution in [0.4, 0.5) is 10.1 Å². The lowest BCUT2D eigenvalue weighted by Crippen LogP contribution is -2.30. The molecule has 0 aromatic heterocycles. The highest BCUT2D eigenvalue weighted by molar-refractivity contribution is 5.98. The van der Waals surface area contributed by atoms with Gasteiger partial charge < -0.3 is 16.2 Å². The van der Waals surface area contributed by atoms with E-state index < -0.39 is 35.4 Å². The van der Waals surface area contributed by atoms with E-state index in [1.54, 1.807) is 0 Å². The number of rotatable bonds is 5. The van der Waals surface area contributed by atoms with E-state index in [4.69, 9.17) is 10.8 Å². The molecule has 2 atom stereocenters. The molecule has 0 aliphatic carbocycles. The quantitative estimate of drug-likeness (QED) is 0.765. The molecule has 0 bridgehead atoms. The number of hydrogen-bond acceptors (Lipinski definition) is 3. The summed E-state index contributed by atoms with van der Waals surface area (Å²) in [7, 11) is 0. The van der Waals surface area contributed by atoms with Crippen LogP contribution >= 0.6 is 0 Å². The molecule has 0 aliphatic rings. The Kier molecular flexibility index (Phi) is 5.02. The summed E-state index contributed by atoms with van der Waals surface area (Å²) >= 11 is 0. The molecule has 7 heteroatoms. The Hall–Kier alpha value is -2.44. The minimum atomic E-state index is -1.11. The Bertz CT molecular complexity index is 601. The number of aliphatic carboxylic acids is 1. The molecule has 6 nitrogen and oxygen atoms in total. The predicted molar refractivity (Wildman–Crippen MR) is 74.2 cm³/mol. The molecule has 0 saturated carbocycles. The summed E-state index contributed by atoms with van der Waals surface area (Å²) in [6, 6.07) is 2.24. The van der Waals surface area contributed by atoms with E-state index in [0.717, 1.165) is 6.07 Å². The van der Waals surface area contributed by atoms with Crippen molar-refractivity contribution in [1.82, 2.24) is 0 Å². The lowest BCUT2D eigenvalue weighted by Gasteiger charge is -2.17. The number of anilines is 1. The summed E-state index contributed by atoms with van der Waals surface area (Å²) in [6.45, 7) is 4.29. The molecular formula is C14H17FN2O4. The Morgan fingerprint density at radius 2 is 1.81 bits per heavy atom. The Labute approximate surface area is 121 Å². The normalized spacial score (nSPS) is 13.3. The van der Waals surface area contributed by atoms with Gasteiger partial charge in [0, 0.05) is 22.7 Å². The molecule has 0 heterocycles. The number of hydrogen-bond donors (Lipinski definition) is 3. The molecule has 2 unspecified atom stereocenters. The maximum absolute atomic E-state index is 13.7. The average Bonchev–Trinajstić information content (AvgIpc) is 2.41. The molecule has 21 heavy (non-hydrogen) atoms. The van der Waals surface area contributed by atoms with Gasteiger partial charge in [0.05, 0.1) is 5.92 Å². The van der Waals surface area contributed by atoms with Crippen LogP contribution in [0.15, 0.2) is 12.1 Å². The fourth-order valence-electron chi connectivity index (χ4n) is 1.64. The maximum atomic E-state index is 13.7. The summed E-state index contributed by atoms with van der Waals surface area (Å²) in [6.07, 6.45) is 0. The number of nitrogens with one attached hydrogen (secondary N) is 1. The molecule has 1 aromatic carbocycles. The zero-order chi connectivity index (χ0) is 16.3. The van der Waals surface area contributed by atoms with E-state index in [2.05, 4.69) is 5.32 Å². The fraction of sp³-hybridized carbons (Fsp3) is 0.357. The molecule has 0 spiro atoms. The third-order valence-electron chi connectivity index (χ3n) is 3.44. The number of carboxylic acid groups (broad SMARTS) is 1. The summed E-state index contributed by atoms with van der Waals surface area (Å²) in [5, 5.41) is 11.3. The molecule has 1 aromatic rings. The van der Waals surface area contributed by atoms with Crippen LogP contribution in [0.2, 0.25) is 0 Å². The lowest BCUT2D eigenvalue weighted by atomic mass is 9.95. The van der Waals surface area contributed by atoms with E-state index in [0.29, 0.717) is 0 Å². The van der Waals surface area contributed by atoms with E-state index in [1.807, 2.05) is 0 Å². The summed E-state index contributed by atoms with van der Waals surface area (Å²) in [5.41, 5.74) is 5.25. The van der Waals surface area contributed by atoms with Gasteiger partial charge in [-0.3, -0.25) is 14.4 Å². The number of primary amides is 1. The molecular weight excluding hydrogens is 279 g/mol. The van der Waals surface area contributed by atoms with Crippen molar-refractivity contribution in [3.05, 3.63) is 29.1 Å². The van der Waals surface area contributed by atoms with Crippen molar-refractivity contribution in [3.8, 4) is 0 Å². The second-order valence-electron chi connectivity index (χ2n) is 4.90. The summed E-state index contributed by atoms with van der Waals surface area (Å²) in [4.78, 5) is 33.9. The van der Waals surface area contributed by atoms with Crippen molar-refractivity contribution in [2.75, 3.05) is 5.32 Å². The molecule has 4 N–H and O–H groups in total. The average molecular weight is 296 g/mol. The lowest BCUT2D eigenvalue weighted by molar-refractivity contribution is -0.145. The van der Waals surface area contributed by atoms with Gasteiger partial charge in [-0.15, -0.1) is 0 Å². The Morgan fingerprint density at radius 3 is 2.29 bits per heavy atom. The zero-order valence-corrected chi connectivity index (χ0v) is 11.9. The van der Waals surface area contributed by atoms with Gasteiger partial charge in [0.25, 0.3) is 0 Å². The second kappa shape index (κ2) is 6.34. The molecule has 2 amide bonds. The SMILES string of the molecule is Cc1c(F)cc(C(N)=O)cc1NC(=O)C(C)C(C)C(=O)O. The topological polar surface area (TPSA) is 109 Å². The van der Waals surface area contributed by atoms with Crippen LogP contribution in [0, 0.1) is 24.6 Å². The van der Waals surface area contributed by atoms with Gasteiger partial charge in [-0.05, 0) is 19.1 Å². The summed E-state index contributed by atoms with van der Waals surface area (Å²) in [5.74, 6) is -4.89. The van der Waals surface area contributed by atoms with Gasteiger partial charge in [0.2, 0.25) is 11.8 Å². The first-order chi connectivity index (χ1) is 9.65. The highest BCUT2D eigenvalue weighted by atomic mass is 19.1. The van der Waals surface area contributed by atoms with Gasteiger partial charge in [0.1, 0.15) is 5.82 Å². The number of nitrogens with two attached hydrogens (primary N) is 1. The first-order valence-corrected chi connectivity index (χ1v) is 6.28. The first kappa shape index (κ1) is 16.6. The monoisotopic (exact) mass is 296 g/mol. The van der Waals surface area contributed by atoms with Crippen molar-refractivity contribution in [2.24, 2.45) is 17.6 Å². The largest absolute Gasteiger partial charge is 0.481 e. The smallest absolute Gasteiger partial charge is 0.307 e. The van der Waals surface area contributed by atoms with Gasteiger partial charge in [-0.1, -0.05) is 13.8 Å². The van der Waals surface area contributed by atoms with E-state index >= 15 is 0 Å². The molecule has 1 rings (SSSR count). The van der Waals surface area contributed by atoms with E-state index in [1.165, 1.54) is 26.8 Å². The Balaban J connectivity index is 3.05. The molecule has 0 aliphatic heterocycles. The number of carboxylic acids is 1. The molecule has 114 valence electrons. The zero-order valence-electron chi connectivity index (χ0n) is 11.9. The van der Waals surface area contributed by atoms with Gasteiger partial charge in [0.15, 0.2) is 0 Å². The minimum absolute atomic E-state index is 0.0765. The molecule has 0 radical (unpaired) electrons. The third kappa shape index (κ3) is 3.77. The van der Waals surface area contributed by atoms with Crippen LogP contribution in [-0.2, 0) is 9.59 Å². The van der Waals surface area contributed by atoms with E-state index in [-0.39, 0.29) is 16.8 Å². The van der Waals surface area contributed by atoms with Crippen LogP contribution in [0.25, 0.3) is 0 Å². The van der Waals surface area contributed by atoms with E-state index in [9.17, 15) is 18.8 Å². The predicted octanol–water partition coefficient (Wildman–Crippen LogP) is 1.53. The molecule has 0 saturated heterocycles. The van der Waals surface area contributed by atoms with Crippen LogP contribution in [0.1, 0.15) is 29.8 Å². The highest BCUT2D eigenvalue weighted by Gasteiger charge is 2.26. The maximum Gasteiger partial charge on any atom is 0.307 e. The van der Waals surface area contributed by atoms with Crippen LogP contribution in [0.5, 0.6) is 0 Å². The van der Waals surface area contributed by atoms with Crippen LogP contribution in [0.3, 0.4) is 0 Å². The number of carbonyl (C=O) groups excluding carboxylic acids is 2. The Morgan fingerprint density at radius 1 is 1.24 bits per heavy atom. The van der Waals surface area contributed by atoms with Gasteiger partial charge >= 0.3 is 5.97 Å². The first-order valence-electron chi connectivity index (χ1n) is 6.28. The molecule has 0 fully saturated rings. The number of benzene rings is 1. The van der Waals surface area contributed by atoms with Crippen molar-refractivity contribution in [1.29, 1.82) is 0 Å². The standard InChI is InChI=1S/C14H17FN2O4/c1-6(7(2)14(20)21)13(19)17-11-5-9(12(16)18)4-10(15)8(11)3/h4-7H,1-3H3,(H2,16,18)(H,17,19)(H,20,21). The van der Waals surface area contributed by atoms with Crippen molar-refractivity contribution in [2.45, 2.75) is 20.8 Å². The fourth-order valence-corrected chi connectivity index (χ4v) is 1.64. The number of halogens is 1. The summed E-state index contributed by atoms with van der Waals surface area (Å²) < 4.78 is 13.7. The van der Waals surface area contributed by atoms with Crippen LogP contribution in [-0.4, -0.2) is 22.9 Å². The van der Waals surface area contributed by atoms with Crippen LogP contribution < -0.4 is 11.1 Å². The minimum Gasteiger partial charge on any atom is -0.481 e. The van der Waals surface area contributed by atoms with Crippen molar-refractivity contribution < 1.29 is 23.9 Å². The number of amides is 2. The second-order valence-corrected chi connectivity index (χ2v) is 4.90. The highest BCUT2D eigenvalue weighted by Crippen LogP contribution is 2.22. The van der Waals surface area contributed by atoms with Gasteiger partial charge in [-0.2, -0.15) is 0 Å². The number of carbonyl (C=O) groups is 3.